The number of benzene rings is 1. The molecule has 9 N–H and O–H groups in total. The summed E-state index contributed by atoms with van der Waals surface area (Å²) < 4.78 is 4.78. The van der Waals surface area contributed by atoms with Crippen LogP contribution in [-0.2, 0) is 4.74 Å². The zero-order chi connectivity index (χ0) is 21.1. The van der Waals surface area contributed by atoms with Crippen molar-refractivity contribution >= 4 is 5.97 Å². The number of hydrogen-bond donors (Lipinski definition) is 9. The zero-order valence-electron chi connectivity index (χ0n) is 14.6. The van der Waals surface area contributed by atoms with E-state index in [0.717, 1.165) is 12.1 Å². The number of rotatable bonds is 8. The van der Waals surface area contributed by atoms with Crippen molar-refractivity contribution < 1.29 is 55.5 Å². The molecule has 0 saturated heterocycles. The molecule has 0 aromatic heterocycles. The first-order valence-electron chi connectivity index (χ1n) is 7.96. The molecular formula is C16H26O11. The Hall–Kier alpha value is -2.15. The summed E-state index contributed by atoms with van der Waals surface area (Å²) in [6.45, 7) is 0.660. The average Bonchev–Trinajstić information content (AvgIpc) is 2.67. The molecule has 27 heavy (non-hydrogen) atoms. The van der Waals surface area contributed by atoms with Gasteiger partial charge in [-0.3, -0.25) is 0 Å². The number of phenols is 3. The van der Waals surface area contributed by atoms with Crippen LogP contribution in [-0.4, -0.2) is 96.2 Å². The normalized spacial score (nSPS) is 15.1. The molecule has 0 aliphatic carbocycles. The lowest BCUT2D eigenvalue weighted by molar-refractivity contribution is -0.123. The van der Waals surface area contributed by atoms with Crippen LogP contribution in [0.2, 0.25) is 0 Å². The highest BCUT2D eigenvalue weighted by atomic mass is 16.5. The Bertz CT molecular complexity index is 540. The van der Waals surface area contributed by atoms with Gasteiger partial charge in [0, 0.05) is 0 Å². The monoisotopic (exact) mass is 394 g/mol. The molecule has 0 bridgehead atoms. The molecule has 1 aromatic carbocycles. The summed E-state index contributed by atoms with van der Waals surface area (Å²) in [6.07, 6.45) is -5.71. The maximum absolute atomic E-state index is 11.3. The van der Waals surface area contributed by atoms with E-state index in [4.69, 9.17) is 50.7 Å². The van der Waals surface area contributed by atoms with Crippen LogP contribution in [0.25, 0.3) is 0 Å². The molecule has 0 radical (unpaired) electrons. The summed E-state index contributed by atoms with van der Waals surface area (Å²) in [5, 5.41) is 79.5. The Kier molecular flexibility index (Phi) is 11.3. The van der Waals surface area contributed by atoms with Crippen molar-refractivity contribution in [2.75, 3.05) is 19.8 Å². The van der Waals surface area contributed by atoms with Crippen LogP contribution < -0.4 is 0 Å². The molecule has 4 atom stereocenters. The second-order valence-corrected chi connectivity index (χ2v) is 5.48. The number of ether oxygens (including phenoxy) is 1. The van der Waals surface area contributed by atoms with E-state index in [1.165, 1.54) is 0 Å². The molecule has 0 unspecified atom stereocenters. The van der Waals surface area contributed by atoms with E-state index < -0.39 is 60.8 Å². The van der Waals surface area contributed by atoms with Crippen molar-refractivity contribution in [2.24, 2.45) is 0 Å². The lowest BCUT2D eigenvalue weighted by Crippen LogP contribution is -2.46. The standard InChI is InChI=1S/C10H12O5.C6H14O6/c1-2-3-15-10(14)6-4-7(11)9(13)8(12)5-6;7-1-3(9)5(11)6(12)4(10)2-8/h4-5,11-13H,2-3H2,1H3;3-12H,1-2H2/t;3-,4-,5-,6-/m.1/s1. The van der Waals surface area contributed by atoms with Crippen LogP contribution in [0, 0.1) is 0 Å². The highest BCUT2D eigenvalue weighted by Crippen LogP contribution is 2.35. The smallest absolute Gasteiger partial charge is 0.338 e. The topological polar surface area (TPSA) is 208 Å². The first-order chi connectivity index (χ1) is 12.6. The number of phenolic OH excluding ortho intramolecular Hbond substituents is 3. The van der Waals surface area contributed by atoms with E-state index in [0.29, 0.717) is 6.42 Å². The number of carbonyl (C=O) groups is 1. The summed E-state index contributed by atoms with van der Waals surface area (Å²) in [7, 11) is 0. The maximum atomic E-state index is 11.3. The predicted octanol–water partition coefficient (Wildman–Crippen LogP) is -2.22. The number of aliphatic hydroxyl groups is 6. The number of carbonyl (C=O) groups excluding carboxylic acids is 1. The largest absolute Gasteiger partial charge is 0.504 e. The van der Waals surface area contributed by atoms with Gasteiger partial charge in [0.25, 0.3) is 0 Å². The molecule has 1 aromatic rings. The van der Waals surface area contributed by atoms with Crippen LogP contribution in [0.3, 0.4) is 0 Å². The van der Waals surface area contributed by atoms with Gasteiger partial charge in [-0.15, -0.1) is 0 Å². The van der Waals surface area contributed by atoms with Crippen molar-refractivity contribution in [3.8, 4) is 17.2 Å². The van der Waals surface area contributed by atoms with E-state index in [1.54, 1.807) is 0 Å². The van der Waals surface area contributed by atoms with E-state index in [1.807, 2.05) is 6.92 Å². The molecule has 0 saturated carbocycles. The summed E-state index contributed by atoms with van der Waals surface area (Å²) in [4.78, 5) is 11.3. The van der Waals surface area contributed by atoms with Gasteiger partial charge in [-0.25, -0.2) is 4.79 Å². The minimum atomic E-state index is -1.67. The maximum Gasteiger partial charge on any atom is 0.338 e. The highest BCUT2D eigenvalue weighted by molar-refractivity contribution is 5.91. The lowest BCUT2D eigenvalue weighted by Gasteiger charge is -2.24. The third kappa shape index (κ3) is 7.95. The van der Waals surface area contributed by atoms with E-state index >= 15 is 0 Å². The third-order valence-corrected chi connectivity index (χ3v) is 3.26. The lowest BCUT2D eigenvalue weighted by atomic mass is 10.0. The summed E-state index contributed by atoms with van der Waals surface area (Å²) in [6, 6.07) is 2.07. The second-order valence-electron chi connectivity index (χ2n) is 5.48. The minimum Gasteiger partial charge on any atom is -0.504 e. The van der Waals surface area contributed by atoms with Crippen molar-refractivity contribution in [1.29, 1.82) is 0 Å². The first kappa shape index (κ1) is 24.8. The minimum absolute atomic E-state index is 0.00347. The van der Waals surface area contributed by atoms with Gasteiger partial charge >= 0.3 is 5.97 Å². The molecule has 0 heterocycles. The van der Waals surface area contributed by atoms with Gasteiger partial charge in [-0.05, 0) is 18.6 Å². The number of aromatic hydroxyl groups is 3. The second kappa shape index (κ2) is 12.3. The Morgan fingerprint density at radius 2 is 1.33 bits per heavy atom. The molecule has 11 nitrogen and oxygen atoms in total. The van der Waals surface area contributed by atoms with Crippen LogP contribution in [0.4, 0.5) is 0 Å². The van der Waals surface area contributed by atoms with Gasteiger partial charge in [0.15, 0.2) is 17.2 Å². The molecule has 0 aliphatic rings. The van der Waals surface area contributed by atoms with E-state index in [-0.39, 0.29) is 12.2 Å². The van der Waals surface area contributed by atoms with E-state index in [9.17, 15) is 4.79 Å². The van der Waals surface area contributed by atoms with Crippen molar-refractivity contribution in [3.63, 3.8) is 0 Å². The van der Waals surface area contributed by atoms with Crippen LogP contribution in [0.1, 0.15) is 23.7 Å². The van der Waals surface area contributed by atoms with Crippen molar-refractivity contribution in [2.45, 2.75) is 37.8 Å². The fraction of sp³-hybridized carbons (Fsp3) is 0.562. The van der Waals surface area contributed by atoms with Gasteiger partial charge in [0.1, 0.15) is 24.4 Å². The van der Waals surface area contributed by atoms with Crippen LogP contribution in [0.15, 0.2) is 12.1 Å². The summed E-state index contributed by atoms with van der Waals surface area (Å²) in [5.41, 5.74) is -0.00347. The molecular weight excluding hydrogens is 368 g/mol. The molecule has 1 rings (SSSR count). The molecule has 0 spiro atoms. The highest BCUT2D eigenvalue weighted by Gasteiger charge is 2.29. The van der Waals surface area contributed by atoms with Crippen LogP contribution >= 0.6 is 0 Å². The zero-order valence-corrected chi connectivity index (χ0v) is 14.6. The Morgan fingerprint density at radius 1 is 0.926 bits per heavy atom. The van der Waals surface area contributed by atoms with Crippen molar-refractivity contribution in [1.82, 2.24) is 0 Å². The Morgan fingerprint density at radius 3 is 1.67 bits per heavy atom. The predicted molar refractivity (Wildman–Crippen MR) is 90.2 cm³/mol. The van der Waals surface area contributed by atoms with Gasteiger partial charge in [0.2, 0.25) is 0 Å². The third-order valence-electron chi connectivity index (χ3n) is 3.26. The summed E-state index contributed by atoms with van der Waals surface area (Å²) >= 11 is 0. The Balaban J connectivity index is 0.000000516. The number of esters is 1. The molecule has 0 amide bonds. The molecule has 156 valence electrons. The molecule has 0 fully saturated rings. The van der Waals surface area contributed by atoms with E-state index in [2.05, 4.69) is 0 Å². The average molecular weight is 394 g/mol. The van der Waals surface area contributed by atoms with Crippen molar-refractivity contribution in [3.05, 3.63) is 17.7 Å². The van der Waals surface area contributed by atoms with Gasteiger partial charge < -0.3 is 50.7 Å². The first-order valence-corrected chi connectivity index (χ1v) is 7.96. The van der Waals surface area contributed by atoms with Gasteiger partial charge in [-0.1, -0.05) is 6.92 Å². The summed E-state index contributed by atoms with van der Waals surface area (Å²) in [5.74, 6) is -2.42. The number of hydrogen-bond acceptors (Lipinski definition) is 11. The van der Waals surface area contributed by atoms with Gasteiger partial charge in [-0.2, -0.15) is 0 Å². The fourth-order valence-corrected chi connectivity index (χ4v) is 1.67. The fourth-order valence-electron chi connectivity index (χ4n) is 1.67. The van der Waals surface area contributed by atoms with Gasteiger partial charge in [0.05, 0.1) is 25.4 Å². The quantitative estimate of drug-likeness (QED) is 0.170. The molecule has 11 heteroatoms. The SMILES string of the molecule is CCCOC(=O)c1cc(O)c(O)c(O)c1.OC[C@@H](O)[C@@H](O)[C@H](O)[C@H](O)CO. The number of aliphatic hydroxyl groups excluding tert-OH is 6. The van der Waals surface area contributed by atoms with Crippen LogP contribution in [0.5, 0.6) is 17.2 Å². The molecule has 0 aliphatic heterocycles. The Labute approximate surface area is 155 Å².